The normalized spacial score (nSPS) is 16.6. The van der Waals surface area contributed by atoms with Crippen LogP contribution >= 0.6 is 0 Å². The van der Waals surface area contributed by atoms with Gasteiger partial charge in [0.2, 0.25) is 0 Å². The van der Waals surface area contributed by atoms with E-state index in [1.165, 1.54) is 12.1 Å². The number of phenolic OH excluding ortho intramolecular Hbond substituents is 1. The SMILES string of the molecule is CC(C(=O)ON1C(=O)CCC1=O)c1ccc(O)cc1. The summed E-state index contributed by atoms with van der Waals surface area (Å²) in [6, 6.07) is 6.06. The molecule has 1 saturated heterocycles. The van der Waals surface area contributed by atoms with Gasteiger partial charge in [-0.25, -0.2) is 4.79 Å². The lowest BCUT2D eigenvalue weighted by atomic mass is 10.0. The van der Waals surface area contributed by atoms with E-state index in [2.05, 4.69) is 0 Å². The first-order valence-electron chi connectivity index (χ1n) is 5.85. The average molecular weight is 263 g/mol. The molecule has 100 valence electrons. The third kappa shape index (κ3) is 2.73. The summed E-state index contributed by atoms with van der Waals surface area (Å²) in [5.41, 5.74) is 0.627. The average Bonchev–Trinajstić information content (AvgIpc) is 2.70. The van der Waals surface area contributed by atoms with Crippen molar-refractivity contribution in [3.63, 3.8) is 0 Å². The molecule has 1 unspecified atom stereocenters. The van der Waals surface area contributed by atoms with Crippen LogP contribution < -0.4 is 0 Å². The fourth-order valence-corrected chi connectivity index (χ4v) is 1.73. The van der Waals surface area contributed by atoms with Crippen LogP contribution in [0.1, 0.15) is 31.2 Å². The largest absolute Gasteiger partial charge is 0.508 e. The number of hydrogen-bond acceptors (Lipinski definition) is 5. The molecule has 1 aromatic rings. The molecule has 0 bridgehead atoms. The molecule has 6 heteroatoms. The molecular weight excluding hydrogens is 250 g/mol. The van der Waals surface area contributed by atoms with Crippen molar-refractivity contribution >= 4 is 17.8 Å². The van der Waals surface area contributed by atoms with E-state index in [0.29, 0.717) is 10.6 Å². The van der Waals surface area contributed by atoms with Gasteiger partial charge in [0.15, 0.2) is 0 Å². The van der Waals surface area contributed by atoms with Crippen LogP contribution in [-0.2, 0) is 19.2 Å². The lowest BCUT2D eigenvalue weighted by molar-refractivity contribution is -0.198. The van der Waals surface area contributed by atoms with Gasteiger partial charge < -0.3 is 9.94 Å². The van der Waals surface area contributed by atoms with E-state index in [9.17, 15) is 14.4 Å². The second-order valence-electron chi connectivity index (χ2n) is 4.31. The minimum Gasteiger partial charge on any atom is -0.508 e. The van der Waals surface area contributed by atoms with Crippen molar-refractivity contribution in [2.24, 2.45) is 0 Å². The van der Waals surface area contributed by atoms with E-state index in [1.807, 2.05) is 0 Å². The first-order chi connectivity index (χ1) is 8.99. The molecular formula is C13H13NO5. The molecule has 0 spiro atoms. The van der Waals surface area contributed by atoms with Crippen LogP contribution in [0, 0.1) is 0 Å². The highest BCUT2D eigenvalue weighted by Crippen LogP contribution is 2.21. The number of hydrogen-bond donors (Lipinski definition) is 1. The van der Waals surface area contributed by atoms with Crippen molar-refractivity contribution in [2.45, 2.75) is 25.7 Å². The Kier molecular flexibility index (Phi) is 3.50. The zero-order valence-corrected chi connectivity index (χ0v) is 10.3. The lowest BCUT2D eigenvalue weighted by Gasteiger charge is -2.16. The Hall–Kier alpha value is -2.37. The van der Waals surface area contributed by atoms with E-state index < -0.39 is 23.7 Å². The number of carbonyl (C=O) groups excluding carboxylic acids is 3. The molecule has 1 N–H and O–H groups in total. The van der Waals surface area contributed by atoms with Gasteiger partial charge in [0.25, 0.3) is 11.8 Å². The van der Waals surface area contributed by atoms with Crippen molar-refractivity contribution in [3.05, 3.63) is 29.8 Å². The first kappa shape index (κ1) is 13.1. The van der Waals surface area contributed by atoms with Crippen LogP contribution in [0.15, 0.2) is 24.3 Å². The highest BCUT2D eigenvalue weighted by Gasteiger charge is 2.34. The number of nitrogens with zero attached hydrogens (tertiary/aromatic N) is 1. The molecule has 1 fully saturated rings. The van der Waals surface area contributed by atoms with Crippen LogP contribution in [0.25, 0.3) is 0 Å². The molecule has 19 heavy (non-hydrogen) atoms. The number of phenols is 1. The molecule has 2 rings (SSSR count). The molecule has 2 amide bonds. The second-order valence-corrected chi connectivity index (χ2v) is 4.31. The van der Waals surface area contributed by atoms with E-state index in [1.54, 1.807) is 19.1 Å². The zero-order valence-electron chi connectivity index (χ0n) is 10.3. The first-order valence-corrected chi connectivity index (χ1v) is 5.85. The summed E-state index contributed by atoms with van der Waals surface area (Å²) >= 11 is 0. The number of aromatic hydroxyl groups is 1. The Morgan fingerprint density at radius 2 is 1.74 bits per heavy atom. The second kappa shape index (κ2) is 5.09. The molecule has 1 heterocycles. The number of rotatable bonds is 3. The molecule has 1 atom stereocenters. The van der Waals surface area contributed by atoms with Crippen LogP contribution in [0.5, 0.6) is 5.75 Å². The van der Waals surface area contributed by atoms with Crippen molar-refractivity contribution in [3.8, 4) is 5.75 Å². The Balaban J connectivity index is 2.05. The fraction of sp³-hybridized carbons (Fsp3) is 0.308. The Labute approximate surface area is 109 Å². The Morgan fingerprint density at radius 3 is 2.26 bits per heavy atom. The Morgan fingerprint density at radius 1 is 1.21 bits per heavy atom. The summed E-state index contributed by atoms with van der Waals surface area (Å²) in [6.45, 7) is 1.60. The maximum atomic E-state index is 11.8. The molecule has 0 radical (unpaired) electrons. The van der Waals surface area contributed by atoms with Gasteiger partial charge in [-0.1, -0.05) is 12.1 Å². The van der Waals surface area contributed by atoms with E-state index in [-0.39, 0.29) is 18.6 Å². The van der Waals surface area contributed by atoms with E-state index in [4.69, 9.17) is 9.94 Å². The van der Waals surface area contributed by atoms with E-state index in [0.717, 1.165) is 0 Å². The molecule has 1 aliphatic heterocycles. The third-order valence-corrected chi connectivity index (χ3v) is 2.93. The standard InChI is InChI=1S/C13H13NO5/c1-8(9-2-4-10(15)5-3-9)13(18)19-14-11(16)6-7-12(14)17/h2-5,8,15H,6-7H2,1H3. The van der Waals surface area contributed by atoms with Crippen LogP contribution in [0.3, 0.4) is 0 Å². The third-order valence-electron chi connectivity index (χ3n) is 2.93. The quantitative estimate of drug-likeness (QED) is 0.825. The zero-order chi connectivity index (χ0) is 14.0. The summed E-state index contributed by atoms with van der Waals surface area (Å²) in [6.07, 6.45) is 0.138. The number of hydroxylamine groups is 2. The maximum Gasteiger partial charge on any atom is 0.340 e. The summed E-state index contributed by atoms with van der Waals surface area (Å²) < 4.78 is 0. The van der Waals surface area contributed by atoms with Gasteiger partial charge in [-0.2, -0.15) is 0 Å². The van der Waals surface area contributed by atoms with Gasteiger partial charge in [-0.3, -0.25) is 9.59 Å². The topological polar surface area (TPSA) is 83.9 Å². The van der Waals surface area contributed by atoms with Crippen molar-refractivity contribution in [2.75, 3.05) is 0 Å². The molecule has 1 aromatic carbocycles. The molecule has 0 saturated carbocycles. The monoisotopic (exact) mass is 263 g/mol. The summed E-state index contributed by atoms with van der Waals surface area (Å²) in [4.78, 5) is 39.3. The molecule has 0 aromatic heterocycles. The smallest absolute Gasteiger partial charge is 0.340 e. The summed E-state index contributed by atoms with van der Waals surface area (Å²) in [7, 11) is 0. The van der Waals surface area contributed by atoms with Crippen molar-refractivity contribution < 1.29 is 24.3 Å². The number of amides is 2. The van der Waals surface area contributed by atoms with Crippen molar-refractivity contribution in [1.82, 2.24) is 5.06 Å². The van der Waals surface area contributed by atoms with Crippen LogP contribution in [0.4, 0.5) is 0 Å². The Bertz CT molecular complexity index is 506. The van der Waals surface area contributed by atoms with Gasteiger partial charge >= 0.3 is 5.97 Å². The van der Waals surface area contributed by atoms with Gasteiger partial charge in [0.05, 0.1) is 5.92 Å². The van der Waals surface area contributed by atoms with Crippen LogP contribution in [-0.4, -0.2) is 28.0 Å². The highest BCUT2D eigenvalue weighted by atomic mass is 16.7. The summed E-state index contributed by atoms with van der Waals surface area (Å²) in [5, 5.41) is 9.69. The minimum absolute atomic E-state index is 0.0692. The van der Waals surface area contributed by atoms with E-state index >= 15 is 0 Å². The number of carbonyl (C=O) groups is 3. The molecule has 0 aliphatic carbocycles. The van der Waals surface area contributed by atoms with Gasteiger partial charge in [-0.05, 0) is 24.6 Å². The summed E-state index contributed by atoms with van der Waals surface area (Å²) in [5.74, 6) is -2.24. The highest BCUT2D eigenvalue weighted by molar-refractivity contribution is 6.01. The maximum absolute atomic E-state index is 11.8. The number of imide groups is 1. The molecule has 6 nitrogen and oxygen atoms in total. The number of benzene rings is 1. The van der Waals surface area contributed by atoms with Gasteiger partial charge in [0, 0.05) is 12.8 Å². The van der Waals surface area contributed by atoms with Gasteiger partial charge in [-0.15, -0.1) is 5.06 Å². The predicted octanol–water partition coefficient (Wildman–Crippen LogP) is 1.10. The van der Waals surface area contributed by atoms with Crippen molar-refractivity contribution in [1.29, 1.82) is 0 Å². The molecule has 1 aliphatic rings. The minimum atomic E-state index is -0.686. The lowest BCUT2D eigenvalue weighted by Crippen LogP contribution is -2.33. The predicted molar refractivity (Wildman–Crippen MR) is 63.7 cm³/mol. The van der Waals surface area contributed by atoms with Gasteiger partial charge in [0.1, 0.15) is 5.75 Å². The van der Waals surface area contributed by atoms with Crippen LogP contribution in [0.2, 0.25) is 0 Å². The fourth-order valence-electron chi connectivity index (χ4n) is 1.73.